The van der Waals surface area contributed by atoms with Gasteiger partial charge in [-0.1, -0.05) is 0 Å². The van der Waals surface area contributed by atoms with Crippen molar-refractivity contribution in [3.05, 3.63) is 17.5 Å². The molecule has 1 unspecified atom stereocenters. The first kappa shape index (κ1) is 16.7. The quantitative estimate of drug-likeness (QED) is 0.867. The van der Waals surface area contributed by atoms with Gasteiger partial charge in [0.15, 0.2) is 0 Å². The van der Waals surface area contributed by atoms with Gasteiger partial charge in [-0.15, -0.1) is 0 Å². The fourth-order valence-electron chi connectivity index (χ4n) is 4.27. The first-order valence-corrected chi connectivity index (χ1v) is 9.28. The summed E-state index contributed by atoms with van der Waals surface area (Å²) in [6, 6.07) is 0. The van der Waals surface area contributed by atoms with Gasteiger partial charge in [-0.3, -0.25) is 4.79 Å². The van der Waals surface area contributed by atoms with Crippen LogP contribution in [-0.4, -0.2) is 53.7 Å². The van der Waals surface area contributed by atoms with Crippen molar-refractivity contribution in [2.24, 2.45) is 5.92 Å². The molecule has 7 heteroatoms. The van der Waals surface area contributed by atoms with Gasteiger partial charge in [0.25, 0.3) is 0 Å². The smallest absolute Gasteiger partial charge is 0.222 e. The summed E-state index contributed by atoms with van der Waals surface area (Å²) in [6.07, 6.45) is 6.93. The third-order valence-corrected chi connectivity index (χ3v) is 5.71. The Morgan fingerprint density at radius 1 is 1.36 bits per heavy atom. The van der Waals surface area contributed by atoms with Crippen molar-refractivity contribution in [1.82, 2.24) is 14.9 Å². The van der Waals surface area contributed by atoms with E-state index in [1.807, 2.05) is 11.1 Å². The van der Waals surface area contributed by atoms with Crippen LogP contribution in [0.2, 0.25) is 0 Å². The van der Waals surface area contributed by atoms with Crippen LogP contribution in [0.4, 0.5) is 5.95 Å². The second-order valence-electron chi connectivity index (χ2n) is 7.36. The van der Waals surface area contributed by atoms with E-state index >= 15 is 0 Å². The molecule has 25 heavy (non-hydrogen) atoms. The van der Waals surface area contributed by atoms with Crippen molar-refractivity contribution in [3.63, 3.8) is 0 Å². The maximum Gasteiger partial charge on any atom is 0.222 e. The molecule has 1 spiro atoms. The van der Waals surface area contributed by atoms with Crippen LogP contribution in [-0.2, 0) is 26.3 Å². The average Bonchev–Trinajstić information content (AvgIpc) is 2.64. The lowest BCUT2D eigenvalue weighted by atomic mass is 9.83. The van der Waals surface area contributed by atoms with E-state index in [-0.39, 0.29) is 5.91 Å². The molecule has 1 atom stereocenters. The van der Waals surface area contributed by atoms with Gasteiger partial charge in [0, 0.05) is 38.9 Å². The summed E-state index contributed by atoms with van der Waals surface area (Å²) >= 11 is 0. The Hall–Kier alpha value is -1.73. The molecule has 1 amide bonds. The SMILES string of the molecule is Nc1ncc2c(n1)C1(CCN(C(=O)CC3CCCOC3)CC1)OCC2. The van der Waals surface area contributed by atoms with Crippen molar-refractivity contribution < 1.29 is 14.3 Å². The number of anilines is 1. The van der Waals surface area contributed by atoms with Crippen LogP contribution in [0.3, 0.4) is 0 Å². The summed E-state index contributed by atoms with van der Waals surface area (Å²) in [5.41, 5.74) is 7.44. The molecule has 1 aromatic rings. The molecule has 136 valence electrons. The highest BCUT2D eigenvalue weighted by Gasteiger charge is 2.43. The second kappa shape index (κ2) is 6.88. The number of likely N-dealkylation sites (tertiary alicyclic amines) is 1. The highest BCUT2D eigenvalue weighted by molar-refractivity contribution is 5.76. The number of rotatable bonds is 2. The first-order valence-electron chi connectivity index (χ1n) is 9.28. The van der Waals surface area contributed by atoms with Crippen LogP contribution in [0.15, 0.2) is 6.20 Å². The second-order valence-corrected chi connectivity index (χ2v) is 7.36. The minimum Gasteiger partial charge on any atom is -0.381 e. The largest absolute Gasteiger partial charge is 0.381 e. The van der Waals surface area contributed by atoms with E-state index in [1.165, 1.54) is 0 Å². The van der Waals surface area contributed by atoms with Crippen molar-refractivity contribution in [2.45, 2.75) is 44.1 Å². The summed E-state index contributed by atoms with van der Waals surface area (Å²) in [4.78, 5) is 23.2. The van der Waals surface area contributed by atoms with E-state index in [0.717, 1.165) is 56.6 Å². The van der Waals surface area contributed by atoms with Crippen molar-refractivity contribution >= 4 is 11.9 Å². The lowest BCUT2D eigenvalue weighted by Gasteiger charge is -2.44. The number of nitrogens with two attached hydrogens (primary N) is 1. The van der Waals surface area contributed by atoms with Crippen LogP contribution in [0, 0.1) is 5.92 Å². The summed E-state index contributed by atoms with van der Waals surface area (Å²) in [5, 5.41) is 0. The predicted octanol–water partition coefficient (Wildman–Crippen LogP) is 1.27. The Morgan fingerprint density at radius 3 is 2.96 bits per heavy atom. The van der Waals surface area contributed by atoms with Crippen molar-refractivity contribution in [3.8, 4) is 0 Å². The van der Waals surface area contributed by atoms with E-state index in [1.54, 1.807) is 0 Å². The highest BCUT2D eigenvalue weighted by atomic mass is 16.5. The van der Waals surface area contributed by atoms with Crippen LogP contribution in [0.5, 0.6) is 0 Å². The Kier molecular flexibility index (Phi) is 4.60. The highest BCUT2D eigenvalue weighted by Crippen LogP contribution is 2.40. The molecule has 1 aromatic heterocycles. The number of nitrogens with zero attached hydrogens (tertiary/aromatic N) is 3. The molecule has 7 nitrogen and oxygen atoms in total. The number of hydrogen-bond donors (Lipinski definition) is 1. The Bertz CT molecular complexity index is 637. The van der Waals surface area contributed by atoms with Gasteiger partial charge >= 0.3 is 0 Å². The Morgan fingerprint density at radius 2 is 2.20 bits per heavy atom. The molecule has 3 aliphatic rings. The standard InChI is InChI=1S/C18H26N4O3/c19-17-20-11-14-3-9-25-18(16(14)21-17)4-6-22(7-5-18)15(23)10-13-2-1-8-24-12-13/h11,13H,1-10,12H2,(H2,19,20,21). The first-order chi connectivity index (χ1) is 12.2. The van der Waals surface area contributed by atoms with E-state index in [4.69, 9.17) is 15.2 Å². The van der Waals surface area contributed by atoms with Crippen LogP contribution in [0.25, 0.3) is 0 Å². The predicted molar refractivity (Wildman–Crippen MR) is 91.8 cm³/mol. The van der Waals surface area contributed by atoms with Gasteiger partial charge in [-0.25, -0.2) is 9.97 Å². The van der Waals surface area contributed by atoms with Crippen LogP contribution < -0.4 is 5.73 Å². The summed E-state index contributed by atoms with van der Waals surface area (Å²) in [5.74, 6) is 0.902. The Balaban J connectivity index is 1.41. The van der Waals surface area contributed by atoms with Gasteiger partial charge in [0.1, 0.15) is 5.60 Å². The lowest BCUT2D eigenvalue weighted by molar-refractivity contribution is -0.143. The fourth-order valence-corrected chi connectivity index (χ4v) is 4.27. The van der Waals surface area contributed by atoms with E-state index in [2.05, 4.69) is 9.97 Å². The van der Waals surface area contributed by atoms with Crippen molar-refractivity contribution in [1.29, 1.82) is 0 Å². The maximum absolute atomic E-state index is 12.6. The monoisotopic (exact) mass is 346 g/mol. The van der Waals surface area contributed by atoms with E-state index in [9.17, 15) is 4.79 Å². The minimum absolute atomic E-state index is 0.239. The molecule has 4 rings (SSSR count). The maximum atomic E-state index is 12.6. The molecule has 0 radical (unpaired) electrons. The van der Waals surface area contributed by atoms with Gasteiger partial charge in [-0.05, 0) is 43.6 Å². The van der Waals surface area contributed by atoms with Crippen LogP contribution >= 0.6 is 0 Å². The topological polar surface area (TPSA) is 90.6 Å². The lowest BCUT2D eigenvalue weighted by Crippen LogP contribution is -2.49. The number of aromatic nitrogens is 2. The normalized spacial score (nSPS) is 25.6. The molecular weight excluding hydrogens is 320 g/mol. The number of ether oxygens (including phenoxy) is 2. The molecule has 2 fully saturated rings. The Labute approximate surface area is 147 Å². The molecule has 0 bridgehead atoms. The number of carbonyl (C=O) groups is 1. The third-order valence-electron chi connectivity index (χ3n) is 5.71. The average molecular weight is 346 g/mol. The van der Waals surface area contributed by atoms with Crippen LogP contribution in [0.1, 0.15) is 43.4 Å². The molecule has 2 saturated heterocycles. The molecule has 0 aliphatic carbocycles. The zero-order valence-corrected chi connectivity index (χ0v) is 14.6. The van der Waals surface area contributed by atoms with E-state index in [0.29, 0.717) is 38.0 Å². The minimum atomic E-state index is -0.407. The number of fused-ring (bicyclic) bond motifs is 2. The fraction of sp³-hybridized carbons (Fsp3) is 0.722. The number of hydrogen-bond acceptors (Lipinski definition) is 6. The van der Waals surface area contributed by atoms with Gasteiger partial charge in [0.05, 0.1) is 12.3 Å². The zero-order valence-electron chi connectivity index (χ0n) is 14.6. The van der Waals surface area contributed by atoms with Gasteiger partial charge in [-0.2, -0.15) is 0 Å². The molecule has 2 N–H and O–H groups in total. The zero-order chi connectivity index (χ0) is 17.3. The third kappa shape index (κ3) is 3.35. The number of piperidine rings is 1. The molecular formula is C18H26N4O3. The summed E-state index contributed by atoms with van der Waals surface area (Å²) in [6.45, 7) is 3.63. The number of amides is 1. The molecule has 0 aromatic carbocycles. The molecule has 0 saturated carbocycles. The van der Waals surface area contributed by atoms with E-state index < -0.39 is 5.60 Å². The number of carbonyl (C=O) groups excluding carboxylic acids is 1. The number of nitrogen functional groups attached to an aromatic ring is 1. The summed E-state index contributed by atoms with van der Waals surface area (Å²) in [7, 11) is 0. The molecule has 4 heterocycles. The molecule has 3 aliphatic heterocycles. The van der Waals surface area contributed by atoms with Gasteiger partial charge in [0.2, 0.25) is 11.9 Å². The summed E-state index contributed by atoms with van der Waals surface area (Å²) < 4.78 is 11.7. The van der Waals surface area contributed by atoms with Gasteiger partial charge < -0.3 is 20.1 Å². The van der Waals surface area contributed by atoms with Crippen molar-refractivity contribution in [2.75, 3.05) is 38.6 Å².